The summed E-state index contributed by atoms with van der Waals surface area (Å²) < 4.78 is 1.65. The van der Waals surface area contributed by atoms with Gasteiger partial charge in [0.2, 0.25) is 5.91 Å². The van der Waals surface area contributed by atoms with Crippen LogP contribution in [-0.2, 0) is 4.79 Å². The molecule has 0 unspecified atom stereocenters. The number of carbonyl (C=O) groups excluding carboxylic acids is 1. The second-order valence-electron chi connectivity index (χ2n) is 3.85. The van der Waals surface area contributed by atoms with Crippen LogP contribution in [0.25, 0.3) is 5.69 Å². The molecule has 6 heteroatoms. The molecule has 0 atom stereocenters. The van der Waals surface area contributed by atoms with E-state index in [2.05, 4.69) is 27.3 Å². The lowest BCUT2D eigenvalue weighted by Gasteiger charge is -2.06. The van der Waals surface area contributed by atoms with Crippen molar-refractivity contribution in [3.05, 3.63) is 49.6 Å². The second kappa shape index (κ2) is 6.46. The van der Waals surface area contributed by atoms with E-state index in [1.54, 1.807) is 17.1 Å². The number of anilines is 1. The molecule has 2 rings (SSSR count). The van der Waals surface area contributed by atoms with Gasteiger partial charge in [-0.05, 0) is 24.3 Å². The summed E-state index contributed by atoms with van der Waals surface area (Å²) in [7, 11) is 0. The van der Waals surface area contributed by atoms with E-state index in [1.807, 2.05) is 24.3 Å². The normalized spacial score (nSPS) is 10.1. The fourth-order valence-corrected chi connectivity index (χ4v) is 1.53. The predicted molar refractivity (Wildman–Crippen MR) is 73.1 cm³/mol. The first-order chi connectivity index (χ1) is 9.29. The lowest BCUT2D eigenvalue weighted by atomic mass is 10.3. The number of nitrogens with one attached hydrogen (secondary N) is 2. The van der Waals surface area contributed by atoms with E-state index in [0.717, 1.165) is 11.4 Å². The molecule has 0 saturated carbocycles. The average molecular weight is 257 g/mol. The van der Waals surface area contributed by atoms with Crippen LogP contribution in [0.3, 0.4) is 0 Å². The minimum absolute atomic E-state index is 0.0876. The van der Waals surface area contributed by atoms with Gasteiger partial charge in [0.05, 0.1) is 12.2 Å². The first-order valence-electron chi connectivity index (χ1n) is 5.86. The van der Waals surface area contributed by atoms with Gasteiger partial charge in [0.25, 0.3) is 0 Å². The van der Waals surface area contributed by atoms with Crippen molar-refractivity contribution in [1.82, 2.24) is 20.1 Å². The van der Waals surface area contributed by atoms with Gasteiger partial charge in [0.1, 0.15) is 12.7 Å². The maximum absolute atomic E-state index is 11.6. The van der Waals surface area contributed by atoms with Crippen molar-refractivity contribution < 1.29 is 4.79 Å². The van der Waals surface area contributed by atoms with Crippen LogP contribution in [-0.4, -0.2) is 33.8 Å². The fourth-order valence-electron chi connectivity index (χ4n) is 1.53. The van der Waals surface area contributed by atoms with Crippen molar-refractivity contribution in [1.29, 1.82) is 0 Å². The molecule has 1 amide bonds. The molecule has 0 saturated heterocycles. The van der Waals surface area contributed by atoms with E-state index < -0.39 is 0 Å². The minimum Gasteiger partial charge on any atom is -0.325 e. The van der Waals surface area contributed by atoms with Gasteiger partial charge in [-0.2, -0.15) is 5.10 Å². The smallest absolute Gasteiger partial charge is 0.238 e. The summed E-state index contributed by atoms with van der Waals surface area (Å²) in [5.41, 5.74) is 1.63. The van der Waals surface area contributed by atoms with E-state index in [1.165, 1.54) is 6.33 Å². The minimum atomic E-state index is -0.0876. The van der Waals surface area contributed by atoms with Crippen LogP contribution in [0.15, 0.2) is 49.6 Å². The predicted octanol–water partition coefficient (Wildman–Crippen LogP) is 0.981. The summed E-state index contributed by atoms with van der Waals surface area (Å²) in [4.78, 5) is 15.4. The highest BCUT2D eigenvalue weighted by Gasteiger charge is 2.02. The van der Waals surface area contributed by atoms with E-state index in [4.69, 9.17) is 0 Å². The number of hydrogen-bond acceptors (Lipinski definition) is 4. The van der Waals surface area contributed by atoms with E-state index in [-0.39, 0.29) is 12.5 Å². The molecule has 0 aliphatic rings. The Morgan fingerprint density at radius 1 is 1.37 bits per heavy atom. The molecule has 19 heavy (non-hydrogen) atoms. The third kappa shape index (κ3) is 3.75. The van der Waals surface area contributed by atoms with Crippen LogP contribution < -0.4 is 10.6 Å². The van der Waals surface area contributed by atoms with Crippen LogP contribution in [0.1, 0.15) is 0 Å². The maximum atomic E-state index is 11.6. The topological polar surface area (TPSA) is 71.8 Å². The number of benzene rings is 1. The van der Waals surface area contributed by atoms with Crippen molar-refractivity contribution in [2.75, 3.05) is 18.4 Å². The first kappa shape index (κ1) is 13.0. The molecule has 0 aliphatic carbocycles. The zero-order valence-electron chi connectivity index (χ0n) is 10.4. The van der Waals surface area contributed by atoms with E-state index in [0.29, 0.717) is 6.54 Å². The van der Waals surface area contributed by atoms with Crippen LogP contribution in [0.2, 0.25) is 0 Å². The molecular weight excluding hydrogens is 242 g/mol. The van der Waals surface area contributed by atoms with Gasteiger partial charge in [-0.3, -0.25) is 4.79 Å². The standard InChI is InChI=1S/C13H15N5O/c1-2-7-14-8-13(19)17-11-3-5-12(6-4-11)18-10-15-9-16-18/h2-6,9-10,14H,1,7-8H2,(H,17,19). The van der Waals surface area contributed by atoms with Crippen molar-refractivity contribution in [3.63, 3.8) is 0 Å². The number of aromatic nitrogens is 3. The van der Waals surface area contributed by atoms with Gasteiger partial charge in [0.15, 0.2) is 0 Å². The Kier molecular flexibility index (Phi) is 4.41. The Morgan fingerprint density at radius 2 is 2.16 bits per heavy atom. The van der Waals surface area contributed by atoms with Gasteiger partial charge in [-0.15, -0.1) is 6.58 Å². The van der Waals surface area contributed by atoms with Crippen LogP contribution in [0, 0.1) is 0 Å². The zero-order chi connectivity index (χ0) is 13.5. The lowest BCUT2D eigenvalue weighted by Crippen LogP contribution is -2.28. The summed E-state index contributed by atoms with van der Waals surface area (Å²) in [5.74, 6) is -0.0876. The van der Waals surface area contributed by atoms with Crippen LogP contribution in [0.4, 0.5) is 5.69 Å². The molecule has 1 aromatic heterocycles. The zero-order valence-corrected chi connectivity index (χ0v) is 10.4. The maximum Gasteiger partial charge on any atom is 0.238 e. The summed E-state index contributed by atoms with van der Waals surface area (Å²) in [5, 5.41) is 9.75. The molecule has 1 heterocycles. The molecule has 0 radical (unpaired) electrons. The number of amides is 1. The van der Waals surface area contributed by atoms with Crippen molar-refractivity contribution in [3.8, 4) is 5.69 Å². The molecule has 0 aliphatic heterocycles. The molecular formula is C13H15N5O. The molecule has 98 valence electrons. The fraction of sp³-hybridized carbons (Fsp3) is 0.154. The SMILES string of the molecule is C=CCNCC(=O)Nc1ccc(-n2cncn2)cc1. The largest absolute Gasteiger partial charge is 0.325 e. The highest BCUT2D eigenvalue weighted by Crippen LogP contribution is 2.11. The Hall–Kier alpha value is -2.47. The molecule has 6 nitrogen and oxygen atoms in total. The third-order valence-corrected chi connectivity index (χ3v) is 2.41. The summed E-state index contributed by atoms with van der Waals surface area (Å²) in [6, 6.07) is 7.37. The van der Waals surface area contributed by atoms with Crippen molar-refractivity contribution >= 4 is 11.6 Å². The van der Waals surface area contributed by atoms with E-state index >= 15 is 0 Å². The van der Waals surface area contributed by atoms with Crippen LogP contribution in [0.5, 0.6) is 0 Å². The summed E-state index contributed by atoms with van der Waals surface area (Å²) in [6.07, 6.45) is 4.80. The van der Waals surface area contributed by atoms with E-state index in [9.17, 15) is 4.79 Å². The highest BCUT2D eigenvalue weighted by atomic mass is 16.1. The Bertz CT molecular complexity index is 533. The lowest BCUT2D eigenvalue weighted by molar-refractivity contribution is -0.115. The van der Waals surface area contributed by atoms with Gasteiger partial charge in [-0.25, -0.2) is 9.67 Å². The van der Waals surface area contributed by atoms with Gasteiger partial charge in [-0.1, -0.05) is 6.08 Å². The Morgan fingerprint density at radius 3 is 2.79 bits per heavy atom. The summed E-state index contributed by atoms with van der Waals surface area (Å²) in [6.45, 7) is 4.44. The first-order valence-corrected chi connectivity index (χ1v) is 5.86. The van der Waals surface area contributed by atoms with Crippen molar-refractivity contribution in [2.24, 2.45) is 0 Å². The quantitative estimate of drug-likeness (QED) is 0.598. The van der Waals surface area contributed by atoms with Crippen LogP contribution >= 0.6 is 0 Å². The molecule has 2 N–H and O–H groups in total. The summed E-state index contributed by atoms with van der Waals surface area (Å²) >= 11 is 0. The monoisotopic (exact) mass is 257 g/mol. The molecule has 0 fully saturated rings. The molecule has 0 spiro atoms. The number of hydrogen-bond donors (Lipinski definition) is 2. The van der Waals surface area contributed by atoms with Gasteiger partial charge in [0, 0.05) is 12.2 Å². The molecule has 1 aromatic carbocycles. The van der Waals surface area contributed by atoms with Gasteiger partial charge >= 0.3 is 0 Å². The molecule has 0 bridgehead atoms. The highest BCUT2D eigenvalue weighted by molar-refractivity contribution is 5.92. The Balaban J connectivity index is 1.92. The number of rotatable bonds is 6. The number of nitrogens with zero attached hydrogens (tertiary/aromatic N) is 3. The average Bonchev–Trinajstić information content (AvgIpc) is 2.94. The Labute approximate surface area is 111 Å². The number of carbonyl (C=O) groups is 1. The molecule has 2 aromatic rings. The van der Waals surface area contributed by atoms with Gasteiger partial charge < -0.3 is 10.6 Å². The third-order valence-electron chi connectivity index (χ3n) is 2.41. The van der Waals surface area contributed by atoms with Crippen molar-refractivity contribution in [2.45, 2.75) is 0 Å². The second-order valence-corrected chi connectivity index (χ2v) is 3.85.